The van der Waals surface area contributed by atoms with E-state index < -0.39 is 0 Å². The highest BCUT2D eigenvalue weighted by Crippen LogP contribution is 2.26. The molecule has 2 N–H and O–H groups in total. The van der Waals surface area contributed by atoms with E-state index in [1.165, 1.54) is 25.3 Å². The smallest absolute Gasteiger partial charge is 0.256 e. The van der Waals surface area contributed by atoms with Gasteiger partial charge in [-0.15, -0.1) is 0 Å². The van der Waals surface area contributed by atoms with Gasteiger partial charge in [0, 0.05) is 24.7 Å². The molecular weight excluding hydrogens is 385 g/mol. The van der Waals surface area contributed by atoms with Crippen molar-refractivity contribution in [3.63, 3.8) is 0 Å². The van der Waals surface area contributed by atoms with Crippen molar-refractivity contribution in [2.24, 2.45) is 7.05 Å². The normalized spacial score (nSPS) is 11.0. The molecular formula is C19H15ClFN5O2. The number of aromatic nitrogens is 4. The summed E-state index contributed by atoms with van der Waals surface area (Å²) in [7, 11) is 3.23. The van der Waals surface area contributed by atoms with E-state index in [1.807, 2.05) is 0 Å². The van der Waals surface area contributed by atoms with E-state index in [9.17, 15) is 9.18 Å². The molecule has 1 amide bonds. The lowest BCUT2D eigenvalue weighted by Gasteiger charge is -2.05. The highest BCUT2D eigenvalue weighted by Gasteiger charge is 2.15. The molecule has 2 aromatic carbocycles. The second-order valence-corrected chi connectivity index (χ2v) is 6.50. The second kappa shape index (κ2) is 6.97. The van der Waals surface area contributed by atoms with E-state index in [1.54, 1.807) is 36.0 Å². The molecule has 7 nitrogen and oxygen atoms in total. The number of H-pyrrole nitrogens is 1. The standard InChI is InChI=1S/C19H15ClFN5O2/c1-26-15(18-22-13-5-4-11(21)8-14(13)23-18)9-17(25-26)24-19(27)10-3-6-16(28-2)12(20)7-10/h3-9H,1-2H3,(H,22,23)(H,24,25,27). The number of halogens is 2. The number of carbonyl (C=O) groups is 1. The fraction of sp³-hybridized carbons (Fsp3) is 0.105. The molecule has 0 saturated heterocycles. The lowest BCUT2D eigenvalue weighted by Crippen LogP contribution is -2.12. The summed E-state index contributed by atoms with van der Waals surface area (Å²) in [4.78, 5) is 20.0. The van der Waals surface area contributed by atoms with Crippen LogP contribution in [0.15, 0.2) is 42.5 Å². The number of carbonyl (C=O) groups excluding carboxylic acids is 1. The third-order valence-electron chi connectivity index (χ3n) is 4.22. The van der Waals surface area contributed by atoms with Crippen molar-refractivity contribution < 1.29 is 13.9 Å². The van der Waals surface area contributed by atoms with Gasteiger partial charge < -0.3 is 15.0 Å². The van der Waals surface area contributed by atoms with Crippen molar-refractivity contribution in [3.05, 3.63) is 58.9 Å². The molecule has 4 rings (SSSR count). The second-order valence-electron chi connectivity index (χ2n) is 6.09. The van der Waals surface area contributed by atoms with Crippen LogP contribution in [-0.4, -0.2) is 32.8 Å². The summed E-state index contributed by atoms with van der Waals surface area (Å²) in [5, 5.41) is 7.35. The van der Waals surface area contributed by atoms with Crippen molar-refractivity contribution in [2.75, 3.05) is 12.4 Å². The highest BCUT2D eigenvalue weighted by molar-refractivity contribution is 6.32. The maximum absolute atomic E-state index is 13.4. The Kier molecular flexibility index (Phi) is 4.48. The van der Waals surface area contributed by atoms with Crippen LogP contribution in [0.5, 0.6) is 5.75 Å². The number of anilines is 1. The quantitative estimate of drug-likeness (QED) is 0.543. The van der Waals surface area contributed by atoms with Gasteiger partial charge in [0.2, 0.25) is 0 Å². The molecule has 9 heteroatoms. The van der Waals surface area contributed by atoms with Gasteiger partial charge >= 0.3 is 0 Å². The molecule has 4 aromatic rings. The Morgan fingerprint density at radius 2 is 2.07 bits per heavy atom. The number of benzene rings is 2. The van der Waals surface area contributed by atoms with Crippen molar-refractivity contribution in [2.45, 2.75) is 0 Å². The third kappa shape index (κ3) is 3.29. The minimum atomic E-state index is -0.360. The Morgan fingerprint density at radius 1 is 1.25 bits per heavy atom. The van der Waals surface area contributed by atoms with E-state index in [0.29, 0.717) is 44.7 Å². The first-order valence-electron chi connectivity index (χ1n) is 8.29. The number of imidazole rings is 1. The third-order valence-corrected chi connectivity index (χ3v) is 4.52. The van der Waals surface area contributed by atoms with Gasteiger partial charge in [0.1, 0.15) is 17.3 Å². The Labute approximate surface area is 164 Å². The van der Waals surface area contributed by atoms with Gasteiger partial charge in [-0.2, -0.15) is 5.10 Å². The van der Waals surface area contributed by atoms with Crippen LogP contribution < -0.4 is 10.1 Å². The zero-order chi connectivity index (χ0) is 19.8. The first-order valence-corrected chi connectivity index (χ1v) is 8.67. The molecule has 0 radical (unpaired) electrons. The zero-order valence-electron chi connectivity index (χ0n) is 15.0. The summed E-state index contributed by atoms with van der Waals surface area (Å²) in [6.45, 7) is 0. The fourth-order valence-electron chi connectivity index (χ4n) is 2.85. The van der Waals surface area contributed by atoms with Gasteiger partial charge in [-0.25, -0.2) is 9.37 Å². The number of aryl methyl sites for hydroxylation is 1. The van der Waals surface area contributed by atoms with Crippen molar-refractivity contribution >= 4 is 34.4 Å². The topological polar surface area (TPSA) is 84.8 Å². The lowest BCUT2D eigenvalue weighted by atomic mass is 10.2. The predicted octanol–water partition coefficient (Wildman–Crippen LogP) is 4.02. The lowest BCUT2D eigenvalue weighted by molar-refractivity contribution is 0.102. The van der Waals surface area contributed by atoms with Crippen molar-refractivity contribution in [3.8, 4) is 17.3 Å². The minimum absolute atomic E-state index is 0.339. The van der Waals surface area contributed by atoms with Gasteiger partial charge in [-0.3, -0.25) is 9.48 Å². The average Bonchev–Trinajstić information content (AvgIpc) is 3.23. The maximum atomic E-state index is 13.4. The Bertz CT molecular complexity index is 1200. The van der Waals surface area contributed by atoms with Crippen LogP contribution in [0.3, 0.4) is 0 Å². The van der Waals surface area contributed by atoms with Crippen LogP contribution in [-0.2, 0) is 7.05 Å². The number of nitrogens with one attached hydrogen (secondary N) is 2. The van der Waals surface area contributed by atoms with E-state index >= 15 is 0 Å². The van der Waals surface area contributed by atoms with E-state index in [0.717, 1.165) is 0 Å². The molecule has 142 valence electrons. The molecule has 2 aromatic heterocycles. The van der Waals surface area contributed by atoms with Crippen molar-refractivity contribution in [1.29, 1.82) is 0 Å². The molecule has 0 spiro atoms. The Morgan fingerprint density at radius 3 is 2.82 bits per heavy atom. The van der Waals surface area contributed by atoms with Gasteiger partial charge in [0.15, 0.2) is 11.6 Å². The number of hydrogen-bond donors (Lipinski definition) is 2. The Hall–Kier alpha value is -3.39. The number of ether oxygens (including phenoxy) is 1. The largest absolute Gasteiger partial charge is 0.495 e. The maximum Gasteiger partial charge on any atom is 0.256 e. The molecule has 28 heavy (non-hydrogen) atoms. The van der Waals surface area contributed by atoms with Crippen LogP contribution >= 0.6 is 11.6 Å². The predicted molar refractivity (Wildman–Crippen MR) is 104 cm³/mol. The summed E-state index contributed by atoms with van der Waals surface area (Å²) in [5.41, 5.74) is 2.22. The highest BCUT2D eigenvalue weighted by atomic mass is 35.5. The molecule has 0 fully saturated rings. The molecule has 0 aliphatic carbocycles. The molecule has 0 unspecified atom stereocenters. The number of fused-ring (bicyclic) bond motifs is 1. The van der Waals surface area contributed by atoms with Crippen LogP contribution in [0.2, 0.25) is 5.02 Å². The summed E-state index contributed by atoms with van der Waals surface area (Å²) in [6.07, 6.45) is 0. The van der Waals surface area contributed by atoms with E-state index in [2.05, 4.69) is 20.4 Å². The van der Waals surface area contributed by atoms with Gasteiger partial charge in [-0.05, 0) is 30.3 Å². The monoisotopic (exact) mass is 399 g/mol. The first-order chi connectivity index (χ1) is 13.4. The minimum Gasteiger partial charge on any atom is -0.495 e. The number of nitrogens with zero attached hydrogens (tertiary/aromatic N) is 3. The number of rotatable bonds is 4. The Balaban J connectivity index is 1.60. The van der Waals surface area contributed by atoms with Gasteiger partial charge in [0.25, 0.3) is 5.91 Å². The van der Waals surface area contributed by atoms with Crippen LogP contribution in [0.4, 0.5) is 10.2 Å². The number of amides is 1. The van der Waals surface area contributed by atoms with Crippen LogP contribution in [0, 0.1) is 5.82 Å². The summed E-state index contributed by atoms with van der Waals surface area (Å²) in [6, 6.07) is 10.8. The zero-order valence-corrected chi connectivity index (χ0v) is 15.7. The summed E-state index contributed by atoms with van der Waals surface area (Å²) < 4.78 is 20.0. The number of methoxy groups -OCH3 is 1. The molecule has 0 saturated carbocycles. The van der Waals surface area contributed by atoms with Crippen molar-refractivity contribution in [1.82, 2.24) is 19.7 Å². The first kappa shape index (κ1) is 18.0. The molecule has 0 aliphatic heterocycles. The van der Waals surface area contributed by atoms with E-state index in [4.69, 9.17) is 16.3 Å². The SMILES string of the molecule is COc1ccc(C(=O)Nc2cc(-c3nc4cc(F)ccc4[nH]3)n(C)n2)cc1Cl. The molecule has 0 atom stereocenters. The van der Waals surface area contributed by atoms with Crippen LogP contribution in [0.1, 0.15) is 10.4 Å². The van der Waals surface area contributed by atoms with Gasteiger partial charge in [0.05, 0.1) is 23.2 Å². The summed E-state index contributed by atoms with van der Waals surface area (Å²) in [5.74, 6) is 0.631. The fourth-order valence-corrected chi connectivity index (χ4v) is 3.10. The molecule has 2 heterocycles. The number of aromatic amines is 1. The summed E-state index contributed by atoms with van der Waals surface area (Å²) >= 11 is 6.07. The van der Waals surface area contributed by atoms with E-state index in [-0.39, 0.29) is 11.7 Å². The molecule has 0 bridgehead atoms. The average molecular weight is 400 g/mol. The van der Waals surface area contributed by atoms with Crippen LogP contribution in [0.25, 0.3) is 22.6 Å². The molecule has 0 aliphatic rings. The van der Waals surface area contributed by atoms with Gasteiger partial charge in [-0.1, -0.05) is 11.6 Å². The number of hydrogen-bond acceptors (Lipinski definition) is 4.